The van der Waals surface area contributed by atoms with Gasteiger partial charge in [0.05, 0.1) is 19.0 Å². The molecule has 14 rings (SSSR count). The predicted molar refractivity (Wildman–Crippen MR) is 399 cm³/mol. The van der Waals surface area contributed by atoms with E-state index in [9.17, 15) is 44.3 Å². The van der Waals surface area contributed by atoms with Crippen LogP contribution in [0.15, 0.2) is 286 Å². The smallest absolute Gasteiger partial charge is 0.155 e. The van der Waals surface area contributed by atoms with Crippen LogP contribution in [0.5, 0.6) is 0 Å². The normalized spacial score (nSPS) is 9.92. The van der Waals surface area contributed by atoms with E-state index in [1.165, 1.54) is 80.8 Å². The quantitative estimate of drug-likeness (QED) is 0.0434. The molecule has 12 nitrogen and oxygen atoms in total. The molecule has 591 valence electrons. The van der Waals surface area contributed by atoms with Gasteiger partial charge in [-0.2, -0.15) is 0 Å². The number of nitrogens with zero attached hydrogens (tertiary/aromatic N) is 8. The Balaban J connectivity index is 0.000000347. The van der Waals surface area contributed by atoms with Crippen LogP contribution in [0.2, 0.25) is 0 Å². The molecule has 5 radical (unpaired) electrons. The van der Waals surface area contributed by atoms with Gasteiger partial charge in [0.15, 0.2) is 5.78 Å². The number of benzene rings is 8. The monoisotopic (exact) mass is 2420 g/mol. The minimum absolute atomic E-state index is 0. The van der Waals surface area contributed by atoms with Crippen molar-refractivity contribution in [3.63, 3.8) is 0 Å². The number of anilines is 4. The molecule has 0 spiro atoms. The van der Waals surface area contributed by atoms with Crippen molar-refractivity contribution in [1.82, 2.24) is 29.9 Å². The number of hydrogen-bond donors (Lipinski definition) is 3. The predicted octanol–water partition coefficient (Wildman–Crippen LogP) is 20.1. The standard InChI is InChI=1S/C23H16FN2.C13H12FN2.2C12H8F2NO.C11H6F2N.C11H7FN.C5H8O2.5Ir/c24-19-13-11-18(12-14-19)23-17-22(15-16-25-23)26(20-7-3-1-4-8-20)21-9-5-2-6-10-21;1-16(2)12-7-8-15-13(9-12)10-3-5-11(14)6-4-10;2*13-9-1-2-10(11(14)6-9)12-5-8(7-16)3-4-15-12;12-8-4-5-9(10(13)7-8)11-3-1-2-6-14-11;12-10-6-4-9(5-7-10)11-3-1-2-8-13-11;1-4(6)3-5(2)7;;;;;/h1-11,13-17H;3,5-9H,1-2H3;2*1,3-6,16H,7H2;1-4,6-7H;1-4,6-8H;3,6H,1-2H3;;;;;/q6*-1;;;;;;. The van der Waals surface area contributed by atoms with Crippen LogP contribution in [-0.2, 0) is 119 Å². The van der Waals surface area contributed by atoms with Crippen molar-refractivity contribution in [2.45, 2.75) is 27.1 Å². The summed E-state index contributed by atoms with van der Waals surface area (Å²) in [5.41, 5.74) is 11.6. The molecule has 0 atom stereocenters. The van der Waals surface area contributed by atoms with Crippen molar-refractivity contribution in [3.05, 3.63) is 385 Å². The molecule has 8 aromatic carbocycles. The third-order valence-electron chi connectivity index (χ3n) is 14.5. The van der Waals surface area contributed by atoms with Gasteiger partial charge in [0.1, 0.15) is 0 Å². The fraction of sp³-hybridized carbons (Fsp3) is 0.0690. The molecule has 26 heteroatoms. The summed E-state index contributed by atoms with van der Waals surface area (Å²) in [6.45, 7) is 2.54. The SMILES string of the molecule is CC(=O)C=C(C)O.CN(C)c1ccnc(-c2[c-]cc(F)cc2)c1.Fc1c[c-]c(-c2cc(N(c3ccccc3)c3ccccc3)ccn2)cc1.Fc1c[c-]c(-c2ccccn2)c(F)c1.Fc1c[c-]c(-c2ccccn2)cc1.OCc1ccnc(-c2[c-]cc(F)cc2F)c1.OCc1ccnc(-c2[c-]cc(F)cc2F)c1.[Ir].[Ir].[Ir].[Ir].[Ir]. The fourth-order valence-corrected chi connectivity index (χ4v) is 9.52. The Labute approximate surface area is 716 Å². The maximum atomic E-state index is 13.4. The van der Waals surface area contributed by atoms with Gasteiger partial charge >= 0.3 is 0 Å². The number of pyridine rings is 6. The zero-order chi connectivity index (χ0) is 77.3. The Morgan fingerprint density at radius 2 is 0.673 bits per heavy atom. The van der Waals surface area contributed by atoms with Gasteiger partial charge in [-0.1, -0.05) is 120 Å². The number of carbonyl (C=O) groups is 1. The number of aliphatic hydroxyl groups is 3. The van der Waals surface area contributed by atoms with Gasteiger partial charge < -0.3 is 55.0 Å². The molecule has 0 amide bonds. The van der Waals surface area contributed by atoms with Crippen LogP contribution >= 0.6 is 0 Å². The van der Waals surface area contributed by atoms with Crippen LogP contribution in [-0.4, -0.2) is 65.1 Å². The number of aliphatic hydroxyl groups excluding tert-OH is 3. The van der Waals surface area contributed by atoms with Gasteiger partial charge in [-0.15, -0.1) is 126 Å². The number of aromatic nitrogens is 6. The summed E-state index contributed by atoms with van der Waals surface area (Å²) in [5, 5.41) is 26.2. The van der Waals surface area contributed by atoms with Crippen molar-refractivity contribution in [1.29, 1.82) is 0 Å². The molecular weight excluding hydrogens is 2350 g/mol. The number of allylic oxidation sites excluding steroid dienone is 2. The maximum Gasteiger partial charge on any atom is 0.155 e. The molecule has 0 bridgehead atoms. The molecular formula is C87H65F9Ir5N8O4-6. The van der Waals surface area contributed by atoms with Crippen molar-refractivity contribution in [2.75, 3.05) is 23.9 Å². The first-order chi connectivity index (χ1) is 52.1. The van der Waals surface area contributed by atoms with Gasteiger partial charge in [0, 0.05) is 233 Å². The van der Waals surface area contributed by atoms with E-state index in [4.69, 9.17) is 15.3 Å². The number of halogens is 9. The Morgan fingerprint density at radius 1 is 0.345 bits per heavy atom. The minimum Gasteiger partial charge on any atom is -0.512 e. The molecule has 0 aliphatic heterocycles. The Bertz CT molecular complexity index is 5050. The number of hydrogen-bond acceptors (Lipinski definition) is 12. The van der Waals surface area contributed by atoms with E-state index >= 15 is 0 Å². The van der Waals surface area contributed by atoms with Crippen LogP contribution < -0.4 is 9.80 Å². The molecule has 6 aromatic heterocycles. The first-order valence-corrected chi connectivity index (χ1v) is 32.6. The average molecular weight is 2420 g/mol. The molecule has 0 saturated heterocycles. The van der Waals surface area contributed by atoms with E-state index in [-0.39, 0.29) is 159 Å². The summed E-state index contributed by atoms with van der Waals surface area (Å²) in [5.74, 6) is -5.02. The summed E-state index contributed by atoms with van der Waals surface area (Å²) in [7, 11) is 3.93. The fourth-order valence-electron chi connectivity index (χ4n) is 9.52. The number of carbonyl (C=O) groups excluding carboxylic acids is 1. The van der Waals surface area contributed by atoms with Gasteiger partial charge in [-0.05, 0) is 120 Å². The van der Waals surface area contributed by atoms with Crippen molar-refractivity contribution in [2.24, 2.45) is 0 Å². The van der Waals surface area contributed by atoms with Gasteiger partial charge in [-0.25, -0.2) is 0 Å². The largest absolute Gasteiger partial charge is 0.512 e. The van der Waals surface area contributed by atoms with E-state index in [2.05, 4.69) is 95.5 Å². The van der Waals surface area contributed by atoms with Crippen LogP contribution in [0.25, 0.3) is 67.5 Å². The Kier molecular flexibility index (Phi) is 43.8. The second-order valence-corrected chi connectivity index (χ2v) is 22.8. The number of ketones is 1. The molecule has 113 heavy (non-hydrogen) atoms. The topological polar surface area (TPSA) is 162 Å². The Hall–Kier alpha value is -9.99. The zero-order valence-corrected chi connectivity index (χ0v) is 71.8. The molecule has 3 N–H and O–H groups in total. The summed E-state index contributed by atoms with van der Waals surface area (Å²) in [4.78, 5) is 38.8. The zero-order valence-electron chi connectivity index (χ0n) is 59.9. The van der Waals surface area contributed by atoms with E-state index in [1.54, 1.807) is 73.3 Å². The summed E-state index contributed by atoms with van der Waals surface area (Å²) in [6.07, 6.45) is 10.8. The van der Waals surface area contributed by atoms with Crippen molar-refractivity contribution >= 4 is 28.5 Å². The van der Waals surface area contributed by atoms with Crippen LogP contribution in [0, 0.1) is 88.8 Å². The van der Waals surface area contributed by atoms with E-state index < -0.39 is 34.9 Å². The first-order valence-electron chi connectivity index (χ1n) is 32.6. The van der Waals surface area contributed by atoms with E-state index in [0.29, 0.717) is 28.2 Å². The third-order valence-corrected chi connectivity index (χ3v) is 14.5. The second kappa shape index (κ2) is 50.9. The van der Waals surface area contributed by atoms with Crippen LogP contribution in [0.1, 0.15) is 25.0 Å². The number of rotatable bonds is 13. The van der Waals surface area contributed by atoms with Crippen LogP contribution in [0.3, 0.4) is 0 Å². The molecule has 0 unspecified atom stereocenters. The second-order valence-electron chi connectivity index (χ2n) is 22.8. The molecule has 0 fully saturated rings. The van der Waals surface area contributed by atoms with Crippen molar-refractivity contribution in [3.8, 4) is 67.5 Å². The molecule has 0 saturated carbocycles. The molecule has 0 aliphatic rings. The van der Waals surface area contributed by atoms with Crippen LogP contribution in [0.4, 0.5) is 62.3 Å². The molecule has 14 aromatic rings. The van der Waals surface area contributed by atoms with E-state index in [0.717, 1.165) is 92.9 Å². The molecule has 0 aliphatic carbocycles. The van der Waals surface area contributed by atoms with Crippen molar-refractivity contribution < 1.29 is 160 Å². The summed E-state index contributed by atoms with van der Waals surface area (Å²) < 4.78 is 116. The van der Waals surface area contributed by atoms with Gasteiger partial charge in [0.25, 0.3) is 0 Å². The van der Waals surface area contributed by atoms with E-state index in [1.807, 2.05) is 97.9 Å². The maximum absolute atomic E-state index is 13.4. The average Bonchev–Trinajstić information content (AvgIpc) is 0.773. The molecule has 6 heterocycles. The third kappa shape index (κ3) is 31.8. The first kappa shape index (κ1) is 97.2. The summed E-state index contributed by atoms with van der Waals surface area (Å²) >= 11 is 0. The summed E-state index contributed by atoms with van der Waals surface area (Å²) in [6, 6.07) is 80.0. The van der Waals surface area contributed by atoms with Gasteiger partial charge in [0.2, 0.25) is 0 Å². The Morgan fingerprint density at radius 3 is 1.00 bits per heavy atom. The minimum atomic E-state index is -0.720. The van der Waals surface area contributed by atoms with Gasteiger partial charge in [-0.3, -0.25) is 44.3 Å². The number of para-hydroxylation sites is 2.